The Balaban J connectivity index is 2.27. The number of carbonyl (C=O) groups excluding carboxylic acids is 1. The van der Waals surface area contributed by atoms with Crippen LogP contribution in [-0.2, 0) is 4.74 Å². The molecule has 0 heterocycles. The molecule has 0 saturated heterocycles. The van der Waals surface area contributed by atoms with Gasteiger partial charge in [-0.3, -0.25) is 5.43 Å². The zero-order valence-electron chi connectivity index (χ0n) is 6.75. The van der Waals surface area contributed by atoms with Crippen LogP contribution < -0.4 is 11.3 Å². The Bertz CT molecular complexity index is 221. The molecule has 4 heteroatoms. The molecule has 0 unspecified atom stereocenters. The van der Waals surface area contributed by atoms with Crippen molar-refractivity contribution in [3.63, 3.8) is 0 Å². The number of hydrogen-bond donors (Lipinski definition) is 2. The van der Waals surface area contributed by atoms with E-state index in [9.17, 15) is 4.79 Å². The Hall–Kier alpha value is -1.29. The lowest BCUT2D eigenvalue weighted by Gasteiger charge is -2.08. The molecule has 0 saturated carbocycles. The highest BCUT2D eigenvalue weighted by Crippen LogP contribution is 2.11. The maximum absolute atomic E-state index is 10.6. The summed E-state index contributed by atoms with van der Waals surface area (Å²) in [7, 11) is 0. The summed E-state index contributed by atoms with van der Waals surface area (Å²) in [5.74, 6) is 4.83. The molecular formula is C8H12N2O2. The van der Waals surface area contributed by atoms with Crippen molar-refractivity contribution < 1.29 is 9.53 Å². The summed E-state index contributed by atoms with van der Waals surface area (Å²) in [6.07, 6.45) is 7.36. The van der Waals surface area contributed by atoms with Gasteiger partial charge in [-0.25, -0.2) is 10.6 Å². The Labute approximate surface area is 71.0 Å². The summed E-state index contributed by atoms with van der Waals surface area (Å²) >= 11 is 0. The number of hydrogen-bond acceptors (Lipinski definition) is 3. The van der Waals surface area contributed by atoms with Crippen LogP contribution in [0.15, 0.2) is 23.8 Å². The zero-order chi connectivity index (χ0) is 8.81. The minimum Gasteiger partial charge on any atom is -0.444 e. The van der Waals surface area contributed by atoms with Crippen LogP contribution in [-0.4, -0.2) is 12.7 Å². The number of nitrogens with two attached hydrogens (primary N) is 1. The third-order valence-corrected chi connectivity index (χ3v) is 1.61. The Morgan fingerprint density at radius 2 is 2.58 bits per heavy atom. The van der Waals surface area contributed by atoms with E-state index < -0.39 is 6.09 Å². The van der Waals surface area contributed by atoms with Crippen molar-refractivity contribution in [2.75, 3.05) is 6.61 Å². The molecule has 4 nitrogen and oxygen atoms in total. The lowest BCUT2D eigenvalue weighted by atomic mass is 10.1. The van der Waals surface area contributed by atoms with E-state index in [1.807, 2.05) is 17.6 Å². The standard InChI is InChI=1S/C8H12N2O2/c9-10-8(11)12-6-7-4-2-1-3-5-7/h1-2,4H,3,5-6,9H2,(H,10,11). The van der Waals surface area contributed by atoms with Crippen LogP contribution >= 0.6 is 0 Å². The highest BCUT2D eigenvalue weighted by Gasteiger charge is 2.02. The first kappa shape index (κ1) is 8.80. The van der Waals surface area contributed by atoms with Crippen molar-refractivity contribution in [1.82, 2.24) is 5.43 Å². The van der Waals surface area contributed by atoms with Crippen LogP contribution in [0.3, 0.4) is 0 Å². The number of rotatable bonds is 2. The number of nitrogens with one attached hydrogen (secondary N) is 1. The van der Waals surface area contributed by atoms with Crippen LogP contribution in [0.5, 0.6) is 0 Å². The summed E-state index contributed by atoms with van der Waals surface area (Å²) in [5.41, 5.74) is 3.01. The molecule has 1 amide bonds. The van der Waals surface area contributed by atoms with Crippen molar-refractivity contribution in [1.29, 1.82) is 0 Å². The van der Waals surface area contributed by atoms with E-state index in [4.69, 9.17) is 10.6 Å². The van der Waals surface area contributed by atoms with Gasteiger partial charge in [-0.15, -0.1) is 0 Å². The SMILES string of the molecule is NNC(=O)OCC1=CC=CCC1. The first-order valence-corrected chi connectivity index (χ1v) is 3.81. The van der Waals surface area contributed by atoms with Gasteiger partial charge in [0.25, 0.3) is 0 Å². The van der Waals surface area contributed by atoms with Crippen LogP contribution in [0.4, 0.5) is 4.79 Å². The number of carbonyl (C=O) groups is 1. The Morgan fingerprint density at radius 1 is 1.75 bits per heavy atom. The molecule has 0 aromatic heterocycles. The second kappa shape index (κ2) is 4.56. The zero-order valence-corrected chi connectivity index (χ0v) is 6.75. The van der Waals surface area contributed by atoms with Crippen molar-refractivity contribution >= 4 is 6.09 Å². The van der Waals surface area contributed by atoms with E-state index in [0.717, 1.165) is 18.4 Å². The fraction of sp³-hybridized carbons (Fsp3) is 0.375. The molecule has 0 spiro atoms. The van der Waals surface area contributed by atoms with E-state index in [-0.39, 0.29) is 0 Å². The number of amides is 1. The van der Waals surface area contributed by atoms with E-state index >= 15 is 0 Å². The summed E-state index contributed by atoms with van der Waals surface area (Å²) < 4.78 is 4.75. The lowest BCUT2D eigenvalue weighted by molar-refractivity contribution is 0.155. The average Bonchev–Trinajstić information content (AvgIpc) is 2.16. The van der Waals surface area contributed by atoms with E-state index in [1.54, 1.807) is 0 Å². The molecule has 1 rings (SSSR count). The second-order valence-electron chi connectivity index (χ2n) is 2.51. The largest absolute Gasteiger partial charge is 0.444 e. The van der Waals surface area contributed by atoms with Crippen molar-refractivity contribution in [3.05, 3.63) is 23.8 Å². The van der Waals surface area contributed by atoms with Gasteiger partial charge < -0.3 is 4.74 Å². The second-order valence-corrected chi connectivity index (χ2v) is 2.51. The van der Waals surface area contributed by atoms with Crippen LogP contribution in [0.2, 0.25) is 0 Å². The first-order chi connectivity index (χ1) is 5.83. The molecule has 0 bridgehead atoms. The van der Waals surface area contributed by atoms with Crippen LogP contribution in [0, 0.1) is 0 Å². The minimum atomic E-state index is -0.592. The third-order valence-electron chi connectivity index (χ3n) is 1.61. The number of ether oxygens (including phenoxy) is 1. The predicted molar refractivity (Wildman–Crippen MR) is 45.1 cm³/mol. The molecular weight excluding hydrogens is 156 g/mol. The van der Waals surface area contributed by atoms with Gasteiger partial charge >= 0.3 is 6.09 Å². The average molecular weight is 168 g/mol. The molecule has 0 atom stereocenters. The first-order valence-electron chi connectivity index (χ1n) is 3.81. The smallest absolute Gasteiger partial charge is 0.421 e. The highest BCUT2D eigenvalue weighted by atomic mass is 16.5. The van der Waals surface area contributed by atoms with Gasteiger partial charge in [0.15, 0.2) is 0 Å². The minimum absolute atomic E-state index is 0.327. The summed E-state index contributed by atoms with van der Waals surface area (Å²) in [6, 6.07) is 0. The topological polar surface area (TPSA) is 64.3 Å². The van der Waals surface area contributed by atoms with E-state index in [1.165, 1.54) is 0 Å². The van der Waals surface area contributed by atoms with Gasteiger partial charge in [0.05, 0.1) is 0 Å². The summed E-state index contributed by atoms with van der Waals surface area (Å²) in [6.45, 7) is 0.327. The van der Waals surface area contributed by atoms with Crippen molar-refractivity contribution in [3.8, 4) is 0 Å². The van der Waals surface area contributed by atoms with Gasteiger partial charge in [-0.1, -0.05) is 18.2 Å². The molecule has 1 aliphatic carbocycles. The molecule has 0 aromatic rings. The Kier molecular flexibility index (Phi) is 3.35. The van der Waals surface area contributed by atoms with Gasteiger partial charge in [-0.2, -0.15) is 0 Å². The van der Waals surface area contributed by atoms with E-state index in [0.29, 0.717) is 6.61 Å². The van der Waals surface area contributed by atoms with Crippen molar-refractivity contribution in [2.45, 2.75) is 12.8 Å². The Morgan fingerprint density at radius 3 is 3.17 bits per heavy atom. The normalized spacial score (nSPS) is 15.2. The number of allylic oxidation sites excluding steroid dienone is 3. The molecule has 0 aliphatic heterocycles. The molecule has 0 fully saturated rings. The maximum Gasteiger partial charge on any atom is 0.421 e. The fourth-order valence-electron chi connectivity index (χ4n) is 0.973. The molecule has 66 valence electrons. The lowest BCUT2D eigenvalue weighted by Crippen LogP contribution is -2.31. The summed E-state index contributed by atoms with van der Waals surface area (Å²) in [5, 5.41) is 0. The van der Waals surface area contributed by atoms with Gasteiger partial charge in [0.2, 0.25) is 0 Å². The van der Waals surface area contributed by atoms with Crippen molar-refractivity contribution in [2.24, 2.45) is 5.84 Å². The quantitative estimate of drug-likeness (QED) is 0.365. The molecule has 0 aromatic carbocycles. The third kappa shape index (κ3) is 2.75. The van der Waals surface area contributed by atoms with Gasteiger partial charge in [0.1, 0.15) is 6.61 Å². The van der Waals surface area contributed by atoms with Gasteiger partial charge in [0, 0.05) is 0 Å². The van der Waals surface area contributed by atoms with Crippen LogP contribution in [0.1, 0.15) is 12.8 Å². The maximum atomic E-state index is 10.6. The molecule has 3 N–H and O–H groups in total. The monoisotopic (exact) mass is 168 g/mol. The molecule has 12 heavy (non-hydrogen) atoms. The predicted octanol–water partition coefficient (Wildman–Crippen LogP) is 0.863. The molecule has 0 radical (unpaired) electrons. The highest BCUT2D eigenvalue weighted by molar-refractivity contribution is 5.66. The fourth-order valence-corrected chi connectivity index (χ4v) is 0.973. The van der Waals surface area contributed by atoms with Crippen LogP contribution in [0.25, 0.3) is 0 Å². The molecule has 1 aliphatic rings. The van der Waals surface area contributed by atoms with E-state index in [2.05, 4.69) is 6.08 Å². The van der Waals surface area contributed by atoms with Gasteiger partial charge in [-0.05, 0) is 18.4 Å². The number of hydrazine groups is 1. The summed E-state index contributed by atoms with van der Waals surface area (Å²) in [4.78, 5) is 10.6.